The highest BCUT2D eigenvalue weighted by molar-refractivity contribution is 6.20. The Balaban J connectivity index is 1.62. The number of fused-ring (bicyclic) bond motifs is 1. The number of amides is 2. The SMILES string of the molecule is CN1C(=O)C(NC(=O)OCc2ccccc2)N=C(c2cccnc2)c2ccccc21. The number of benzodiazepines with no additional fused rings is 1. The van der Waals surface area contributed by atoms with Crippen LogP contribution >= 0.6 is 0 Å². The summed E-state index contributed by atoms with van der Waals surface area (Å²) in [5, 5.41) is 2.58. The number of ether oxygens (including phenoxy) is 1. The number of nitrogens with one attached hydrogen (secondary N) is 1. The van der Waals surface area contributed by atoms with Crippen LogP contribution in [0.25, 0.3) is 0 Å². The molecule has 0 saturated carbocycles. The minimum atomic E-state index is -1.12. The molecule has 150 valence electrons. The van der Waals surface area contributed by atoms with Gasteiger partial charge in [-0.1, -0.05) is 48.5 Å². The van der Waals surface area contributed by atoms with E-state index in [-0.39, 0.29) is 12.5 Å². The second-order valence-electron chi connectivity index (χ2n) is 6.74. The molecule has 0 spiro atoms. The van der Waals surface area contributed by atoms with E-state index in [0.29, 0.717) is 11.4 Å². The fraction of sp³-hybridized carbons (Fsp3) is 0.130. The Morgan fingerprint density at radius 1 is 1.07 bits per heavy atom. The summed E-state index contributed by atoms with van der Waals surface area (Å²) >= 11 is 0. The average Bonchev–Trinajstić information content (AvgIpc) is 2.90. The summed E-state index contributed by atoms with van der Waals surface area (Å²) in [6, 6.07) is 20.4. The number of hydrogen-bond donors (Lipinski definition) is 1. The highest BCUT2D eigenvalue weighted by atomic mass is 16.5. The molecule has 0 saturated heterocycles. The second-order valence-corrected chi connectivity index (χ2v) is 6.74. The number of aromatic nitrogens is 1. The summed E-state index contributed by atoms with van der Waals surface area (Å²) in [4.78, 5) is 35.6. The lowest BCUT2D eigenvalue weighted by Crippen LogP contribution is -2.46. The molecule has 1 aliphatic heterocycles. The number of benzene rings is 2. The van der Waals surface area contributed by atoms with Crippen molar-refractivity contribution in [2.75, 3.05) is 11.9 Å². The van der Waals surface area contributed by atoms with Gasteiger partial charge in [0.05, 0.1) is 11.4 Å². The molecule has 2 heterocycles. The van der Waals surface area contributed by atoms with Crippen molar-refractivity contribution >= 4 is 23.4 Å². The average molecular weight is 400 g/mol. The van der Waals surface area contributed by atoms with Crippen molar-refractivity contribution in [3.8, 4) is 0 Å². The second kappa shape index (κ2) is 8.57. The number of aliphatic imine (C=N–C) groups is 1. The van der Waals surface area contributed by atoms with Gasteiger partial charge in [0.25, 0.3) is 5.91 Å². The predicted octanol–water partition coefficient (Wildman–Crippen LogP) is 3.15. The third-order valence-corrected chi connectivity index (χ3v) is 4.75. The first-order valence-corrected chi connectivity index (χ1v) is 9.46. The largest absolute Gasteiger partial charge is 0.445 e. The van der Waals surface area contributed by atoms with Crippen LogP contribution in [0.1, 0.15) is 16.7 Å². The van der Waals surface area contributed by atoms with Crippen LogP contribution < -0.4 is 10.2 Å². The van der Waals surface area contributed by atoms with E-state index in [1.807, 2.05) is 60.7 Å². The Bertz CT molecular complexity index is 1080. The highest BCUT2D eigenvalue weighted by Gasteiger charge is 2.31. The molecule has 3 aromatic rings. The van der Waals surface area contributed by atoms with Gasteiger partial charge >= 0.3 is 6.09 Å². The van der Waals surface area contributed by atoms with E-state index in [1.54, 1.807) is 25.5 Å². The van der Waals surface area contributed by atoms with Gasteiger partial charge in [-0.15, -0.1) is 0 Å². The monoisotopic (exact) mass is 400 g/mol. The van der Waals surface area contributed by atoms with Crippen LogP contribution in [0, 0.1) is 0 Å². The van der Waals surface area contributed by atoms with E-state index in [0.717, 1.165) is 16.7 Å². The van der Waals surface area contributed by atoms with Crippen molar-refractivity contribution in [1.29, 1.82) is 0 Å². The lowest BCUT2D eigenvalue weighted by Gasteiger charge is -2.20. The molecule has 1 aliphatic rings. The molecule has 1 aromatic heterocycles. The lowest BCUT2D eigenvalue weighted by molar-refractivity contribution is -0.120. The van der Waals surface area contributed by atoms with Crippen molar-refractivity contribution in [2.45, 2.75) is 12.8 Å². The van der Waals surface area contributed by atoms with Gasteiger partial charge < -0.3 is 9.64 Å². The van der Waals surface area contributed by atoms with E-state index in [4.69, 9.17) is 4.74 Å². The molecule has 0 aliphatic carbocycles. The Morgan fingerprint density at radius 2 is 1.83 bits per heavy atom. The van der Waals surface area contributed by atoms with Gasteiger partial charge in [0.15, 0.2) is 0 Å². The topological polar surface area (TPSA) is 83.9 Å². The molecule has 7 heteroatoms. The molecule has 0 radical (unpaired) electrons. The number of rotatable bonds is 4. The quantitative estimate of drug-likeness (QED) is 0.729. The highest BCUT2D eigenvalue weighted by Crippen LogP contribution is 2.26. The van der Waals surface area contributed by atoms with Crippen LogP contribution in [-0.2, 0) is 16.1 Å². The van der Waals surface area contributed by atoms with Gasteiger partial charge in [-0.3, -0.25) is 15.1 Å². The summed E-state index contributed by atoms with van der Waals surface area (Å²) < 4.78 is 5.27. The Labute approximate surface area is 174 Å². The number of likely N-dealkylation sites (N-methyl/N-ethyl adjacent to an activating group) is 1. The summed E-state index contributed by atoms with van der Waals surface area (Å²) in [5.74, 6) is -0.363. The van der Waals surface area contributed by atoms with Gasteiger partial charge in [0.1, 0.15) is 6.61 Å². The molecular formula is C23H20N4O3. The maximum atomic E-state index is 13.0. The van der Waals surface area contributed by atoms with Crippen LogP contribution in [0.15, 0.2) is 84.1 Å². The molecule has 2 aromatic carbocycles. The molecule has 4 rings (SSSR count). The molecular weight excluding hydrogens is 380 g/mol. The molecule has 0 fully saturated rings. The van der Waals surface area contributed by atoms with Gasteiger partial charge in [-0.05, 0) is 23.8 Å². The summed E-state index contributed by atoms with van der Waals surface area (Å²) in [5.41, 5.74) is 3.65. The smallest absolute Gasteiger partial charge is 0.409 e. The zero-order chi connectivity index (χ0) is 20.9. The minimum absolute atomic E-state index is 0.100. The standard InChI is InChI=1S/C23H20N4O3/c1-27-19-12-6-5-11-18(19)20(17-10-7-13-24-14-17)25-21(22(27)28)26-23(29)30-15-16-8-3-2-4-9-16/h2-14,21H,15H2,1H3,(H,26,29). The van der Waals surface area contributed by atoms with Crippen molar-refractivity contribution in [2.24, 2.45) is 4.99 Å². The van der Waals surface area contributed by atoms with E-state index in [1.165, 1.54) is 4.90 Å². The number of carbonyl (C=O) groups is 2. The summed E-state index contributed by atoms with van der Waals surface area (Å²) in [7, 11) is 1.66. The Morgan fingerprint density at radius 3 is 2.60 bits per heavy atom. The molecule has 30 heavy (non-hydrogen) atoms. The van der Waals surface area contributed by atoms with Gasteiger partial charge in [-0.2, -0.15) is 0 Å². The molecule has 0 bridgehead atoms. The Hall–Kier alpha value is -4.00. The number of anilines is 1. The Kier molecular flexibility index (Phi) is 5.52. The van der Waals surface area contributed by atoms with Crippen LogP contribution in [0.2, 0.25) is 0 Å². The third kappa shape index (κ3) is 4.05. The lowest BCUT2D eigenvalue weighted by atomic mass is 10.0. The summed E-state index contributed by atoms with van der Waals surface area (Å²) in [6.07, 6.45) is 1.50. The number of pyridine rings is 1. The van der Waals surface area contributed by atoms with Crippen LogP contribution in [0.4, 0.5) is 10.5 Å². The maximum absolute atomic E-state index is 13.0. The molecule has 1 atom stereocenters. The molecule has 1 unspecified atom stereocenters. The molecule has 1 N–H and O–H groups in total. The van der Waals surface area contributed by atoms with Crippen molar-refractivity contribution < 1.29 is 14.3 Å². The van der Waals surface area contributed by atoms with Gasteiger partial charge in [-0.25, -0.2) is 9.79 Å². The van der Waals surface area contributed by atoms with E-state index >= 15 is 0 Å². The first kappa shape index (κ1) is 19.3. The predicted molar refractivity (Wildman–Crippen MR) is 113 cm³/mol. The molecule has 2 amide bonds. The first-order valence-electron chi connectivity index (χ1n) is 9.46. The van der Waals surface area contributed by atoms with E-state index in [2.05, 4.69) is 15.3 Å². The maximum Gasteiger partial charge on any atom is 0.409 e. The minimum Gasteiger partial charge on any atom is -0.445 e. The van der Waals surface area contributed by atoms with Crippen molar-refractivity contribution in [3.05, 3.63) is 95.8 Å². The number of carbonyl (C=O) groups excluding carboxylic acids is 2. The number of hydrogen-bond acceptors (Lipinski definition) is 5. The van der Waals surface area contributed by atoms with Crippen LogP contribution in [-0.4, -0.2) is 35.9 Å². The zero-order valence-corrected chi connectivity index (χ0v) is 16.4. The number of alkyl carbamates (subject to hydrolysis) is 1. The molecule has 7 nitrogen and oxygen atoms in total. The number of para-hydroxylation sites is 1. The fourth-order valence-electron chi connectivity index (χ4n) is 3.23. The normalized spacial score (nSPS) is 15.6. The van der Waals surface area contributed by atoms with Gasteiger partial charge in [0.2, 0.25) is 6.17 Å². The van der Waals surface area contributed by atoms with Crippen LogP contribution in [0.5, 0.6) is 0 Å². The fourth-order valence-corrected chi connectivity index (χ4v) is 3.23. The van der Waals surface area contributed by atoms with Gasteiger partial charge in [0, 0.05) is 30.6 Å². The van der Waals surface area contributed by atoms with E-state index < -0.39 is 12.3 Å². The van der Waals surface area contributed by atoms with E-state index in [9.17, 15) is 9.59 Å². The third-order valence-electron chi connectivity index (χ3n) is 4.75. The number of nitrogens with zero attached hydrogens (tertiary/aromatic N) is 3. The summed E-state index contributed by atoms with van der Waals surface area (Å²) in [6.45, 7) is 0.100. The first-order chi connectivity index (χ1) is 14.6. The zero-order valence-electron chi connectivity index (χ0n) is 16.4. The van der Waals surface area contributed by atoms with Crippen molar-refractivity contribution in [1.82, 2.24) is 10.3 Å². The van der Waals surface area contributed by atoms with Crippen molar-refractivity contribution in [3.63, 3.8) is 0 Å². The van der Waals surface area contributed by atoms with Crippen LogP contribution in [0.3, 0.4) is 0 Å².